The highest BCUT2D eigenvalue weighted by molar-refractivity contribution is 6.30. The quantitative estimate of drug-likeness (QED) is 0.734. The zero-order valence-electron chi connectivity index (χ0n) is 13.6. The first-order valence-corrected chi connectivity index (χ1v) is 8.48. The number of nitrogens with zero attached hydrogens (tertiary/aromatic N) is 1. The van der Waals surface area contributed by atoms with Gasteiger partial charge in [-0.25, -0.2) is 13.2 Å². The fraction of sp³-hybridized carbons (Fsp3) is 0.263. The Morgan fingerprint density at radius 1 is 0.962 bits per heavy atom. The van der Waals surface area contributed by atoms with Crippen LogP contribution in [0.5, 0.6) is 0 Å². The summed E-state index contributed by atoms with van der Waals surface area (Å²) in [4.78, 5) is 26.1. The molecule has 2 aromatic rings. The Bertz CT molecular complexity index is 823. The van der Waals surface area contributed by atoms with E-state index in [4.69, 9.17) is 11.6 Å². The van der Waals surface area contributed by atoms with Crippen molar-refractivity contribution in [3.63, 3.8) is 0 Å². The van der Waals surface area contributed by atoms with Crippen LogP contribution in [0.3, 0.4) is 0 Å². The van der Waals surface area contributed by atoms with Gasteiger partial charge in [-0.15, -0.1) is 0 Å². The van der Waals surface area contributed by atoms with Gasteiger partial charge in [-0.05, 0) is 37.1 Å². The van der Waals surface area contributed by atoms with E-state index in [9.17, 15) is 22.8 Å². The number of carbonyl (C=O) groups is 2. The minimum Gasteiger partial charge on any atom is -0.338 e. The van der Waals surface area contributed by atoms with E-state index in [1.54, 1.807) is 24.3 Å². The van der Waals surface area contributed by atoms with Crippen molar-refractivity contribution in [3.05, 3.63) is 70.0 Å². The minimum absolute atomic E-state index is 0.0482. The first-order valence-electron chi connectivity index (χ1n) is 8.10. The molecule has 0 spiro atoms. The summed E-state index contributed by atoms with van der Waals surface area (Å²) in [6, 6.07) is 7.51. The average Bonchev–Trinajstić information content (AvgIpc) is 2.61. The zero-order valence-corrected chi connectivity index (χ0v) is 14.4. The predicted octanol–water partition coefficient (Wildman–Crippen LogP) is 4.49. The molecule has 136 valence electrons. The lowest BCUT2D eigenvalue weighted by molar-refractivity contribution is 0.0642. The van der Waals surface area contributed by atoms with Crippen molar-refractivity contribution in [1.29, 1.82) is 0 Å². The molecule has 1 saturated heterocycles. The van der Waals surface area contributed by atoms with Crippen LogP contribution < -0.4 is 0 Å². The van der Waals surface area contributed by atoms with Crippen LogP contribution in [-0.4, -0.2) is 29.7 Å². The van der Waals surface area contributed by atoms with Gasteiger partial charge in [-0.2, -0.15) is 0 Å². The van der Waals surface area contributed by atoms with E-state index in [-0.39, 0.29) is 24.8 Å². The van der Waals surface area contributed by atoms with Crippen molar-refractivity contribution in [3.8, 4) is 0 Å². The van der Waals surface area contributed by atoms with Crippen molar-refractivity contribution in [2.24, 2.45) is 5.92 Å². The molecular weight excluding hydrogens is 367 g/mol. The lowest BCUT2D eigenvalue weighted by Gasteiger charge is -2.31. The summed E-state index contributed by atoms with van der Waals surface area (Å²) in [6.45, 7) is 0.387. The molecule has 3 nitrogen and oxygen atoms in total. The molecular formula is C19H15ClF3NO2. The number of ketones is 1. The van der Waals surface area contributed by atoms with E-state index in [1.165, 1.54) is 4.90 Å². The Morgan fingerprint density at radius 3 is 2.04 bits per heavy atom. The van der Waals surface area contributed by atoms with Gasteiger partial charge in [0.15, 0.2) is 5.78 Å². The molecule has 1 amide bonds. The highest BCUT2D eigenvalue weighted by atomic mass is 35.5. The summed E-state index contributed by atoms with van der Waals surface area (Å²) < 4.78 is 40.6. The second-order valence-electron chi connectivity index (χ2n) is 6.18. The second kappa shape index (κ2) is 7.50. The Labute approximate surface area is 153 Å². The van der Waals surface area contributed by atoms with Crippen molar-refractivity contribution >= 4 is 23.3 Å². The van der Waals surface area contributed by atoms with Crippen molar-refractivity contribution in [1.82, 2.24) is 4.90 Å². The van der Waals surface area contributed by atoms with Crippen LogP contribution in [0, 0.1) is 23.4 Å². The maximum absolute atomic E-state index is 13.8. The van der Waals surface area contributed by atoms with E-state index in [1.807, 2.05) is 0 Å². The molecule has 26 heavy (non-hydrogen) atoms. The van der Waals surface area contributed by atoms with Gasteiger partial charge in [0.2, 0.25) is 0 Å². The number of likely N-dealkylation sites (tertiary alicyclic amines) is 1. The van der Waals surface area contributed by atoms with Gasteiger partial charge in [0.1, 0.15) is 23.0 Å². The molecule has 2 aromatic carbocycles. The number of piperidine rings is 1. The molecule has 1 aliphatic heterocycles. The van der Waals surface area contributed by atoms with E-state index in [0.29, 0.717) is 35.6 Å². The second-order valence-corrected chi connectivity index (χ2v) is 6.62. The molecule has 0 unspecified atom stereocenters. The van der Waals surface area contributed by atoms with Crippen LogP contribution >= 0.6 is 11.6 Å². The van der Waals surface area contributed by atoms with Gasteiger partial charge in [0.25, 0.3) is 5.91 Å². The zero-order chi connectivity index (χ0) is 18.8. The summed E-state index contributed by atoms with van der Waals surface area (Å²) in [5.74, 6) is -4.70. The smallest absolute Gasteiger partial charge is 0.259 e. The van der Waals surface area contributed by atoms with E-state index < -0.39 is 28.9 Å². The van der Waals surface area contributed by atoms with Crippen molar-refractivity contribution in [2.45, 2.75) is 12.8 Å². The van der Waals surface area contributed by atoms with Crippen LogP contribution in [-0.2, 0) is 0 Å². The van der Waals surface area contributed by atoms with Crippen LogP contribution in [0.25, 0.3) is 0 Å². The molecule has 0 aliphatic carbocycles. The number of hydrogen-bond acceptors (Lipinski definition) is 2. The molecule has 0 atom stereocenters. The molecule has 7 heteroatoms. The Balaban J connectivity index is 1.68. The largest absolute Gasteiger partial charge is 0.338 e. The Morgan fingerprint density at radius 2 is 1.50 bits per heavy atom. The molecule has 0 saturated carbocycles. The van der Waals surface area contributed by atoms with Crippen LogP contribution in [0.4, 0.5) is 13.2 Å². The highest BCUT2D eigenvalue weighted by Crippen LogP contribution is 2.25. The monoisotopic (exact) mass is 381 g/mol. The Hall–Kier alpha value is -2.34. The normalized spacial score (nSPS) is 15.2. The summed E-state index contributed by atoms with van der Waals surface area (Å²) >= 11 is 5.81. The molecule has 1 heterocycles. The maximum Gasteiger partial charge on any atom is 0.259 e. The lowest BCUT2D eigenvalue weighted by Crippen LogP contribution is -2.41. The van der Waals surface area contributed by atoms with Gasteiger partial charge >= 0.3 is 0 Å². The van der Waals surface area contributed by atoms with Gasteiger partial charge in [0.05, 0.1) is 0 Å². The number of amides is 1. The number of Topliss-reactive ketones (excluding diaryl/α,β-unsaturated/α-hetero) is 1. The predicted molar refractivity (Wildman–Crippen MR) is 90.7 cm³/mol. The van der Waals surface area contributed by atoms with Crippen LogP contribution in [0.1, 0.15) is 33.6 Å². The fourth-order valence-electron chi connectivity index (χ4n) is 3.10. The maximum atomic E-state index is 13.8. The standard InChI is InChI=1S/C19H15ClF3NO2/c20-13-3-1-11(2-4-13)18(25)12-5-7-24(8-6-12)19(26)17-15(22)9-14(21)10-16(17)23/h1-4,9-10,12H,5-8H2. The molecule has 1 fully saturated rings. The third kappa shape index (κ3) is 3.75. The molecule has 1 aliphatic rings. The number of halogens is 4. The topological polar surface area (TPSA) is 37.4 Å². The average molecular weight is 382 g/mol. The highest BCUT2D eigenvalue weighted by Gasteiger charge is 2.31. The minimum atomic E-state index is -1.23. The molecule has 3 rings (SSSR count). The number of hydrogen-bond donors (Lipinski definition) is 0. The van der Waals surface area contributed by atoms with Crippen molar-refractivity contribution in [2.75, 3.05) is 13.1 Å². The van der Waals surface area contributed by atoms with Gasteiger partial charge in [-0.3, -0.25) is 9.59 Å². The summed E-state index contributed by atoms with van der Waals surface area (Å²) in [5, 5.41) is 0.533. The van der Waals surface area contributed by atoms with Gasteiger partial charge < -0.3 is 4.90 Å². The summed E-state index contributed by atoms with van der Waals surface area (Å²) in [5.41, 5.74) is -0.233. The molecule has 0 bridgehead atoms. The summed E-state index contributed by atoms with van der Waals surface area (Å²) in [6.07, 6.45) is 0.773. The number of carbonyl (C=O) groups excluding carboxylic acids is 2. The van der Waals surface area contributed by atoms with Crippen molar-refractivity contribution < 1.29 is 22.8 Å². The van der Waals surface area contributed by atoms with E-state index >= 15 is 0 Å². The molecule has 0 radical (unpaired) electrons. The first kappa shape index (κ1) is 18.5. The SMILES string of the molecule is O=C(c1ccc(Cl)cc1)C1CCN(C(=O)c2c(F)cc(F)cc2F)CC1. The third-order valence-electron chi connectivity index (χ3n) is 4.50. The lowest BCUT2D eigenvalue weighted by atomic mass is 9.88. The first-order chi connectivity index (χ1) is 12.4. The van der Waals surface area contributed by atoms with E-state index in [0.717, 1.165) is 0 Å². The number of benzene rings is 2. The molecule has 0 N–H and O–H groups in total. The van der Waals surface area contributed by atoms with Gasteiger partial charge in [-0.1, -0.05) is 11.6 Å². The Kier molecular flexibility index (Phi) is 5.32. The molecule has 0 aromatic heterocycles. The summed E-state index contributed by atoms with van der Waals surface area (Å²) in [7, 11) is 0. The number of rotatable bonds is 3. The fourth-order valence-corrected chi connectivity index (χ4v) is 3.23. The third-order valence-corrected chi connectivity index (χ3v) is 4.75. The van der Waals surface area contributed by atoms with Crippen LogP contribution in [0.15, 0.2) is 36.4 Å². The van der Waals surface area contributed by atoms with Crippen LogP contribution in [0.2, 0.25) is 5.02 Å². The van der Waals surface area contributed by atoms with Gasteiger partial charge in [0, 0.05) is 41.7 Å². The van der Waals surface area contributed by atoms with E-state index in [2.05, 4.69) is 0 Å².